The average Bonchev–Trinajstić information content (AvgIpc) is 3.58. The summed E-state index contributed by atoms with van der Waals surface area (Å²) < 4.78 is 2.40. The molecule has 0 saturated heterocycles. The van der Waals surface area contributed by atoms with Crippen molar-refractivity contribution in [3.05, 3.63) is 201 Å². The standard InChI is InChI=1S/C49H33N3/c1-3-12-34(13-4-1)35-22-24-39(25-23-35)52(40-26-29-50-30-27-40)41-17-11-16-37(32-41)38-28-31-51-46(33-38)47(36-14-5-2-6-15-36)48-44-20-9-7-18-42(44)43-19-8-10-21-45(43)49(48)51/h1-33H. The molecule has 0 N–H and O–H groups in total. The van der Waals surface area contributed by atoms with Crippen molar-refractivity contribution in [2.75, 3.05) is 4.90 Å². The molecule has 0 aliphatic carbocycles. The topological polar surface area (TPSA) is 20.5 Å². The van der Waals surface area contributed by atoms with Gasteiger partial charge in [0.25, 0.3) is 0 Å². The predicted molar refractivity (Wildman–Crippen MR) is 219 cm³/mol. The molecular weight excluding hydrogens is 631 g/mol. The molecule has 0 spiro atoms. The van der Waals surface area contributed by atoms with Crippen LogP contribution in [0.2, 0.25) is 0 Å². The second kappa shape index (κ2) is 12.4. The van der Waals surface area contributed by atoms with E-state index in [1.54, 1.807) is 0 Å². The Morgan fingerprint density at radius 3 is 1.67 bits per heavy atom. The van der Waals surface area contributed by atoms with Crippen molar-refractivity contribution in [1.82, 2.24) is 9.38 Å². The first-order valence-corrected chi connectivity index (χ1v) is 17.7. The quantitative estimate of drug-likeness (QED) is 0.165. The maximum atomic E-state index is 4.32. The molecule has 3 nitrogen and oxygen atoms in total. The number of hydrogen-bond donors (Lipinski definition) is 0. The number of rotatable bonds is 6. The highest BCUT2D eigenvalue weighted by atomic mass is 15.1. The third-order valence-corrected chi connectivity index (χ3v) is 10.3. The molecule has 0 aliphatic heterocycles. The Balaban J connectivity index is 1.17. The number of anilines is 3. The third kappa shape index (κ3) is 4.94. The van der Waals surface area contributed by atoms with Crippen molar-refractivity contribution in [1.29, 1.82) is 0 Å². The van der Waals surface area contributed by atoms with Gasteiger partial charge in [0.15, 0.2) is 0 Å². The highest BCUT2D eigenvalue weighted by molar-refractivity contribution is 6.30. The third-order valence-electron chi connectivity index (χ3n) is 10.3. The minimum atomic E-state index is 1.05. The summed E-state index contributed by atoms with van der Waals surface area (Å²) in [7, 11) is 0. The Labute approximate surface area is 302 Å². The van der Waals surface area contributed by atoms with Gasteiger partial charge in [0, 0.05) is 52.0 Å². The Bertz CT molecular complexity index is 2880. The molecular formula is C49H33N3. The summed E-state index contributed by atoms with van der Waals surface area (Å²) >= 11 is 0. The molecule has 7 aromatic carbocycles. The molecule has 0 saturated carbocycles. The van der Waals surface area contributed by atoms with E-state index in [0.717, 1.165) is 28.2 Å². The fourth-order valence-electron chi connectivity index (χ4n) is 7.92. The van der Waals surface area contributed by atoms with E-state index in [4.69, 9.17) is 0 Å². The van der Waals surface area contributed by atoms with Crippen molar-refractivity contribution in [2.24, 2.45) is 0 Å². The van der Waals surface area contributed by atoms with Gasteiger partial charge in [-0.25, -0.2) is 0 Å². The van der Waals surface area contributed by atoms with Gasteiger partial charge in [-0.1, -0.05) is 133 Å². The Morgan fingerprint density at radius 2 is 0.942 bits per heavy atom. The lowest BCUT2D eigenvalue weighted by Gasteiger charge is -2.26. The van der Waals surface area contributed by atoms with Crippen molar-refractivity contribution in [3.63, 3.8) is 0 Å². The van der Waals surface area contributed by atoms with Gasteiger partial charge in [0.05, 0.1) is 11.0 Å². The van der Waals surface area contributed by atoms with Crippen LogP contribution in [0.3, 0.4) is 0 Å². The number of hydrogen-bond acceptors (Lipinski definition) is 2. The lowest BCUT2D eigenvalue weighted by atomic mass is 9.94. The normalized spacial score (nSPS) is 11.5. The van der Waals surface area contributed by atoms with Crippen LogP contribution in [0.15, 0.2) is 201 Å². The van der Waals surface area contributed by atoms with Crippen LogP contribution in [0, 0.1) is 0 Å². The molecule has 0 bridgehead atoms. The number of aromatic nitrogens is 2. The minimum absolute atomic E-state index is 1.05. The molecule has 244 valence electrons. The lowest BCUT2D eigenvalue weighted by molar-refractivity contribution is 1.24. The van der Waals surface area contributed by atoms with Crippen molar-refractivity contribution < 1.29 is 0 Å². The van der Waals surface area contributed by atoms with Crippen molar-refractivity contribution >= 4 is 55.0 Å². The summed E-state index contributed by atoms with van der Waals surface area (Å²) in [6.07, 6.45) is 5.97. The first kappa shape index (κ1) is 29.9. The van der Waals surface area contributed by atoms with E-state index in [1.807, 2.05) is 12.4 Å². The molecule has 0 radical (unpaired) electrons. The van der Waals surface area contributed by atoms with Crippen LogP contribution in [-0.2, 0) is 0 Å². The molecule has 0 atom stereocenters. The summed E-state index contributed by atoms with van der Waals surface area (Å²) in [5, 5.41) is 6.37. The number of fused-ring (bicyclic) bond motifs is 8. The van der Waals surface area contributed by atoms with E-state index in [0.29, 0.717) is 0 Å². The molecule has 0 unspecified atom stereocenters. The Hall–Kier alpha value is -6.97. The highest BCUT2D eigenvalue weighted by Crippen LogP contribution is 2.45. The second-order valence-corrected chi connectivity index (χ2v) is 13.2. The maximum Gasteiger partial charge on any atom is 0.0620 e. The fraction of sp³-hybridized carbons (Fsp3) is 0. The first-order valence-electron chi connectivity index (χ1n) is 17.7. The lowest BCUT2D eigenvalue weighted by Crippen LogP contribution is -2.10. The van der Waals surface area contributed by atoms with Crippen LogP contribution in [0.1, 0.15) is 0 Å². The van der Waals surface area contributed by atoms with Gasteiger partial charge in [0.2, 0.25) is 0 Å². The zero-order chi connectivity index (χ0) is 34.4. The van der Waals surface area contributed by atoms with E-state index >= 15 is 0 Å². The van der Waals surface area contributed by atoms with Gasteiger partial charge in [0.1, 0.15) is 0 Å². The smallest absolute Gasteiger partial charge is 0.0620 e. The van der Waals surface area contributed by atoms with E-state index in [1.165, 1.54) is 60.2 Å². The summed E-state index contributed by atoms with van der Waals surface area (Å²) in [4.78, 5) is 6.63. The minimum Gasteiger partial charge on any atom is -0.315 e. The van der Waals surface area contributed by atoms with Crippen LogP contribution in [0.4, 0.5) is 17.1 Å². The van der Waals surface area contributed by atoms with E-state index in [2.05, 4.69) is 202 Å². The molecule has 0 aliphatic rings. The van der Waals surface area contributed by atoms with Gasteiger partial charge in [-0.3, -0.25) is 4.98 Å². The van der Waals surface area contributed by atoms with Crippen LogP contribution in [-0.4, -0.2) is 9.38 Å². The van der Waals surface area contributed by atoms with Crippen LogP contribution >= 0.6 is 0 Å². The second-order valence-electron chi connectivity index (χ2n) is 13.2. The molecule has 0 fully saturated rings. The zero-order valence-corrected chi connectivity index (χ0v) is 28.4. The Morgan fingerprint density at radius 1 is 0.385 bits per heavy atom. The SMILES string of the molecule is c1ccc(-c2ccc(N(c3ccncc3)c3cccc(-c4ccn5c(c4)c(-c4ccccc4)c4c6ccccc6c6ccccc6c45)c3)cc2)cc1. The van der Waals surface area contributed by atoms with Gasteiger partial charge in [-0.05, 0) is 92.5 Å². The molecule has 52 heavy (non-hydrogen) atoms. The summed E-state index contributed by atoms with van der Waals surface area (Å²) in [6, 6.07) is 65.5. The highest BCUT2D eigenvalue weighted by Gasteiger charge is 2.21. The summed E-state index contributed by atoms with van der Waals surface area (Å²) in [5.41, 5.74) is 12.8. The molecule has 3 heteroatoms. The fourth-order valence-corrected chi connectivity index (χ4v) is 7.92. The summed E-state index contributed by atoms with van der Waals surface area (Å²) in [6.45, 7) is 0. The van der Waals surface area contributed by atoms with Gasteiger partial charge in [-0.15, -0.1) is 0 Å². The largest absolute Gasteiger partial charge is 0.315 e. The maximum absolute atomic E-state index is 4.32. The molecule has 3 heterocycles. The Kier molecular flexibility index (Phi) is 7.14. The zero-order valence-electron chi connectivity index (χ0n) is 28.4. The van der Waals surface area contributed by atoms with E-state index in [-0.39, 0.29) is 0 Å². The number of pyridine rings is 2. The average molecular weight is 664 g/mol. The van der Waals surface area contributed by atoms with Gasteiger partial charge < -0.3 is 9.30 Å². The molecule has 10 aromatic rings. The monoisotopic (exact) mass is 663 g/mol. The number of benzene rings is 7. The van der Waals surface area contributed by atoms with Crippen LogP contribution < -0.4 is 4.90 Å². The van der Waals surface area contributed by atoms with E-state index < -0.39 is 0 Å². The van der Waals surface area contributed by atoms with Crippen molar-refractivity contribution in [3.8, 4) is 33.4 Å². The van der Waals surface area contributed by atoms with E-state index in [9.17, 15) is 0 Å². The van der Waals surface area contributed by atoms with Crippen molar-refractivity contribution in [2.45, 2.75) is 0 Å². The van der Waals surface area contributed by atoms with Gasteiger partial charge >= 0.3 is 0 Å². The summed E-state index contributed by atoms with van der Waals surface area (Å²) in [5.74, 6) is 0. The molecule has 0 amide bonds. The van der Waals surface area contributed by atoms with Crippen LogP contribution in [0.5, 0.6) is 0 Å². The van der Waals surface area contributed by atoms with Gasteiger partial charge in [-0.2, -0.15) is 0 Å². The predicted octanol–water partition coefficient (Wildman–Crippen LogP) is 13.3. The molecule has 3 aromatic heterocycles. The first-order chi connectivity index (χ1) is 25.8. The van der Waals surface area contributed by atoms with Crippen LogP contribution in [0.25, 0.3) is 71.3 Å². The molecule has 10 rings (SSSR count). The number of nitrogens with zero attached hydrogens (tertiary/aromatic N) is 3.